The minimum Gasteiger partial charge on any atom is -0.481 e. The molecule has 0 saturated heterocycles. The molecule has 0 saturated carbocycles. The predicted molar refractivity (Wildman–Crippen MR) is 111 cm³/mol. The van der Waals surface area contributed by atoms with E-state index >= 15 is 0 Å². The molecule has 0 rings (SSSR count). The van der Waals surface area contributed by atoms with Gasteiger partial charge in [0, 0.05) is 12.8 Å². The van der Waals surface area contributed by atoms with Gasteiger partial charge in [-0.15, -0.1) is 0 Å². The van der Waals surface area contributed by atoms with Crippen LogP contribution in [0.4, 0.5) is 0 Å². The highest BCUT2D eigenvalue weighted by molar-refractivity contribution is 5.95. The fraction of sp³-hybridized carbons (Fsp3) is 0.611. The quantitative estimate of drug-likeness (QED) is 0.0993. The standard InChI is InChI=1S/C18H29N5O11/c1-7(24)14(17(32)22-10(18(33)34)3-5-13(28)29)23-16(31)9(2-4-12(26)27)21-15(30)8(19)6-11(20)25/h7-10,14,24H,2-6,19H2,1H3,(H2,20,25)(H,21,30)(H,22,32)(H,23,31)(H,26,27)(H,28,29)(H,33,34). The average Bonchev–Trinajstić information content (AvgIpc) is 2.70. The first-order chi connectivity index (χ1) is 15.6. The number of carbonyl (C=O) groups excluding carboxylic acids is 4. The first-order valence-corrected chi connectivity index (χ1v) is 9.95. The number of nitrogens with one attached hydrogen (secondary N) is 3. The number of carboxylic acid groups (broad SMARTS) is 3. The van der Waals surface area contributed by atoms with Gasteiger partial charge in [0.05, 0.1) is 18.6 Å². The second kappa shape index (κ2) is 14.4. The van der Waals surface area contributed by atoms with Gasteiger partial charge in [-0.2, -0.15) is 0 Å². The summed E-state index contributed by atoms with van der Waals surface area (Å²) in [5.41, 5.74) is 10.4. The molecule has 0 aromatic rings. The van der Waals surface area contributed by atoms with Crippen LogP contribution in [-0.4, -0.2) is 92.2 Å². The van der Waals surface area contributed by atoms with E-state index in [9.17, 15) is 38.7 Å². The Morgan fingerprint density at radius 3 is 1.65 bits per heavy atom. The van der Waals surface area contributed by atoms with Crippen molar-refractivity contribution in [1.29, 1.82) is 0 Å². The van der Waals surface area contributed by atoms with E-state index in [4.69, 9.17) is 26.8 Å². The van der Waals surface area contributed by atoms with Crippen LogP contribution in [0.2, 0.25) is 0 Å². The Kier molecular flexibility index (Phi) is 12.8. The van der Waals surface area contributed by atoms with Crippen molar-refractivity contribution in [2.75, 3.05) is 0 Å². The van der Waals surface area contributed by atoms with Crippen LogP contribution in [0.1, 0.15) is 39.0 Å². The van der Waals surface area contributed by atoms with E-state index in [0.29, 0.717) is 0 Å². The molecule has 0 radical (unpaired) electrons. The van der Waals surface area contributed by atoms with Gasteiger partial charge < -0.3 is 47.8 Å². The summed E-state index contributed by atoms with van der Waals surface area (Å²) in [4.78, 5) is 81.0. The highest BCUT2D eigenvalue weighted by Gasteiger charge is 2.33. The second-order valence-corrected chi connectivity index (χ2v) is 7.33. The number of hydrogen-bond acceptors (Lipinski definition) is 9. The average molecular weight is 491 g/mol. The fourth-order valence-corrected chi connectivity index (χ4v) is 2.57. The van der Waals surface area contributed by atoms with Crippen molar-refractivity contribution >= 4 is 41.5 Å². The minimum atomic E-state index is -1.75. The van der Waals surface area contributed by atoms with Gasteiger partial charge in [0.2, 0.25) is 23.6 Å². The first kappa shape index (κ1) is 30.2. The summed E-state index contributed by atoms with van der Waals surface area (Å²) in [5.74, 6) is -8.39. The largest absolute Gasteiger partial charge is 0.481 e. The third-order valence-electron chi connectivity index (χ3n) is 4.36. The van der Waals surface area contributed by atoms with E-state index < -0.39 is 104 Å². The maximum Gasteiger partial charge on any atom is 0.326 e. The van der Waals surface area contributed by atoms with Gasteiger partial charge in [-0.1, -0.05) is 0 Å². The third kappa shape index (κ3) is 11.7. The molecular weight excluding hydrogens is 462 g/mol. The maximum absolute atomic E-state index is 12.7. The van der Waals surface area contributed by atoms with Crippen molar-refractivity contribution in [2.24, 2.45) is 11.5 Å². The molecule has 0 heterocycles. The lowest BCUT2D eigenvalue weighted by Gasteiger charge is -2.26. The molecule has 34 heavy (non-hydrogen) atoms. The smallest absolute Gasteiger partial charge is 0.326 e. The van der Waals surface area contributed by atoms with E-state index in [1.807, 2.05) is 5.32 Å². The van der Waals surface area contributed by atoms with Gasteiger partial charge in [0.1, 0.15) is 18.1 Å². The number of primary amides is 1. The Morgan fingerprint density at radius 2 is 1.24 bits per heavy atom. The molecular formula is C18H29N5O11. The van der Waals surface area contributed by atoms with Crippen LogP contribution in [0, 0.1) is 0 Å². The number of carboxylic acids is 3. The van der Waals surface area contributed by atoms with Crippen LogP contribution in [0.3, 0.4) is 0 Å². The number of aliphatic carboxylic acids is 3. The highest BCUT2D eigenvalue weighted by Crippen LogP contribution is 2.05. The molecule has 0 aromatic heterocycles. The van der Waals surface area contributed by atoms with E-state index in [1.54, 1.807) is 0 Å². The summed E-state index contributed by atoms with van der Waals surface area (Å²) >= 11 is 0. The van der Waals surface area contributed by atoms with E-state index in [-0.39, 0.29) is 0 Å². The lowest BCUT2D eigenvalue weighted by Crippen LogP contribution is -2.60. The summed E-state index contributed by atoms with van der Waals surface area (Å²) < 4.78 is 0. The molecule has 0 aromatic carbocycles. The molecule has 5 atom stereocenters. The molecule has 0 spiro atoms. The molecule has 5 unspecified atom stereocenters. The van der Waals surface area contributed by atoms with E-state index in [0.717, 1.165) is 6.92 Å². The third-order valence-corrected chi connectivity index (χ3v) is 4.36. The number of carbonyl (C=O) groups is 7. The number of aliphatic hydroxyl groups is 1. The Labute approximate surface area is 193 Å². The van der Waals surface area contributed by atoms with Gasteiger partial charge in [-0.3, -0.25) is 28.8 Å². The SMILES string of the molecule is CC(O)C(NC(=O)C(CCC(=O)O)NC(=O)C(N)CC(N)=O)C(=O)NC(CCC(=O)O)C(=O)O. The number of rotatable bonds is 16. The second-order valence-electron chi connectivity index (χ2n) is 7.33. The Balaban J connectivity index is 5.50. The molecule has 0 aliphatic carbocycles. The Bertz CT molecular complexity index is 801. The van der Waals surface area contributed by atoms with Crippen molar-refractivity contribution in [2.45, 2.75) is 69.3 Å². The molecule has 192 valence electrons. The lowest BCUT2D eigenvalue weighted by molar-refractivity contribution is -0.144. The molecule has 0 aliphatic heterocycles. The van der Waals surface area contributed by atoms with Gasteiger partial charge in [-0.25, -0.2) is 4.79 Å². The van der Waals surface area contributed by atoms with Crippen LogP contribution in [0.15, 0.2) is 0 Å². The van der Waals surface area contributed by atoms with Gasteiger partial charge in [0.15, 0.2) is 0 Å². The highest BCUT2D eigenvalue weighted by atomic mass is 16.4. The molecule has 11 N–H and O–H groups in total. The summed E-state index contributed by atoms with van der Waals surface area (Å²) in [6.45, 7) is 1.09. The van der Waals surface area contributed by atoms with Crippen LogP contribution < -0.4 is 27.4 Å². The normalized spacial score (nSPS) is 15.0. The summed E-state index contributed by atoms with van der Waals surface area (Å²) in [5, 5.41) is 42.8. The zero-order valence-corrected chi connectivity index (χ0v) is 18.2. The summed E-state index contributed by atoms with van der Waals surface area (Å²) in [6, 6.07) is -6.39. The molecule has 4 amide bonds. The van der Waals surface area contributed by atoms with Crippen LogP contribution in [-0.2, 0) is 33.6 Å². The molecule has 16 nitrogen and oxygen atoms in total. The zero-order valence-electron chi connectivity index (χ0n) is 18.2. The minimum absolute atomic E-state index is 0.458. The fourth-order valence-electron chi connectivity index (χ4n) is 2.57. The maximum atomic E-state index is 12.7. The zero-order chi connectivity index (χ0) is 26.6. The van der Waals surface area contributed by atoms with Crippen molar-refractivity contribution in [1.82, 2.24) is 16.0 Å². The lowest BCUT2D eigenvalue weighted by atomic mass is 10.1. The molecule has 0 aliphatic rings. The van der Waals surface area contributed by atoms with Crippen molar-refractivity contribution in [3.63, 3.8) is 0 Å². The van der Waals surface area contributed by atoms with Gasteiger partial charge in [-0.05, 0) is 19.8 Å². The van der Waals surface area contributed by atoms with Crippen LogP contribution in [0.25, 0.3) is 0 Å². The molecule has 0 bridgehead atoms. The predicted octanol–water partition coefficient (Wildman–Crippen LogP) is -4.16. The first-order valence-electron chi connectivity index (χ1n) is 9.95. The van der Waals surface area contributed by atoms with E-state index in [1.165, 1.54) is 0 Å². The van der Waals surface area contributed by atoms with Crippen molar-refractivity contribution in [3.05, 3.63) is 0 Å². The number of aliphatic hydroxyl groups excluding tert-OH is 1. The number of amides is 4. The van der Waals surface area contributed by atoms with Gasteiger partial charge >= 0.3 is 17.9 Å². The number of hydrogen-bond donors (Lipinski definition) is 9. The monoisotopic (exact) mass is 491 g/mol. The molecule has 0 fully saturated rings. The van der Waals surface area contributed by atoms with E-state index in [2.05, 4.69) is 10.6 Å². The van der Waals surface area contributed by atoms with Crippen molar-refractivity contribution < 1.29 is 54.0 Å². The molecule has 16 heteroatoms. The topological polar surface area (TPSA) is 289 Å². The van der Waals surface area contributed by atoms with Crippen molar-refractivity contribution in [3.8, 4) is 0 Å². The summed E-state index contributed by atoms with van der Waals surface area (Å²) in [6.07, 6.45) is -4.26. The van der Waals surface area contributed by atoms with Crippen LogP contribution in [0.5, 0.6) is 0 Å². The van der Waals surface area contributed by atoms with Gasteiger partial charge in [0.25, 0.3) is 0 Å². The number of nitrogens with two attached hydrogens (primary N) is 2. The van der Waals surface area contributed by atoms with Crippen LogP contribution >= 0.6 is 0 Å². The Hall–Kier alpha value is -3.79. The Morgan fingerprint density at radius 1 is 0.765 bits per heavy atom. The summed E-state index contributed by atoms with van der Waals surface area (Å²) in [7, 11) is 0.